The number of benzene rings is 7. The molecule has 0 saturated heterocycles. The summed E-state index contributed by atoms with van der Waals surface area (Å²) in [5, 5.41) is 5.08. The monoisotopic (exact) mass is 617 g/mol. The van der Waals surface area contributed by atoms with Crippen molar-refractivity contribution in [2.75, 3.05) is 0 Å². The van der Waals surface area contributed by atoms with Crippen molar-refractivity contribution in [3.05, 3.63) is 164 Å². The highest BCUT2D eigenvalue weighted by molar-refractivity contribution is 7.26. The SMILES string of the molecule is c1ccc(-n2c(-c3cc(-c4ccc5c(c4)c4ccccc4n5-c4ccccc4)c4c(c3)sc3ccccc34)nc3ccccc32)cc1. The molecule has 0 unspecified atom stereocenters. The van der Waals surface area contributed by atoms with E-state index in [0.29, 0.717) is 0 Å². The maximum atomic E-state index is 5.25. The number of thiophene rings is 1. The van der Waals surface area contributed by atoms with Gasteiger partial charge in [0.2, 0.25) is 0 Å². The fourth-order valence-electron chi connectivity index (χ4n) is 7.26. The molecule has 3 heterocycles. The van der Waals surface area contributed by atoms with Crippen molar-refractivity contribution in [1.82, 2.24) is 14.1 Å². The number of para-hydroxylation sites is 5. The Morgan fingerprint density at radius 2 is 1.06 bits per heavy atom. The van der Waals surface area contributed by atoms with Gasteiger partial charge in [-0.25, -0.2) is 4.98 Å². The minimum absolute atomic E-state index is 0.944. The summed E-state index contributed by atoms with van der Waals surface area (Å²) in [6.45, 7) is 0. The molecule has 7 aromatic carbocycles. The summed E-state index contributed by atoms with van der Waals surface area (Å²) in [6.07, 6.45) is 0. The highest BCUT2D eigenvalue weighted by Gasteiger charge is 2.20. The van der Waals surface area contributed by atoms with Gasteiger partial charge in [0.1, 0.15) is 5.82 Å². The van der Waals surface area contributed by atoms with Gasteiger partial charge in [-0.05, 0) is 83.9 Å². The molecule has 3 nitrogen and oxygen atoms in total. The molecule has 0 aliphatic carbocycles. The number of hydrogen-bond acceptors (Lipinski definition) is 2. The van der Waals surface area contributed by atoms with Crippen LogP contribution < -0.4 is 0 Å². The molecule has 47 heavy (non-hydrogen) atoms. The molecule has 0 spiro atoms. The van der Waals surface area contributed by atoms with Crippen molar-refractivity contribution >= 4 is 64.3 Å². The molecule has 0 aliphatic rings. The fraction of sp³-hybridized carbons (Fsp3) is 0. The second kappa shape index (κ2) is 10.3. The molecule has 220 valence electrons. The maximum Gasteiger partial charge on any atom is 0.145 e. The molecule has 0 atom stereocenters. The highest BCUT2D eigenvalue weighted by Crippen LogP contribution is 2.44. The smallest absolute Gasteiger partial charge is 0.145 e. The second-order valence-corrected chi connectivity index (χ2v) is 13.1. The van der Waals surface area contributed by atoms with Crippen LogP contribution in [0.4, 0.5) is 0 Å². The predicted molar refractivity (Wildman–Crippen MR) is 199 cm³/mol. The number of aromatic nitrogens is 3. The zero-order valence-electron chi connectivity index (χ0n) is 25.3. The van der Waals surface area contributed by atoms with Crippen LogP contribution in [-0.4, -0.2) is 14.1 Å². The van der Waals surface area contributed by atoms with Crippen LogP contribution >= 0.6 is 11.3 Å². The van der Waals surface area contributed by atoms with Gasteiger partial charge in [-0.2, -0.15) is 0 Å². The van der Waals surface area contributed by atoms with Crippen LogP contribution in [0, 0.1) is 0 Å². The minimum atomic E-state index is 0.944. The van der Waals surface area contributed by atoms with Crippen molar-refractivity contribution in [2.45, 2.75) is 0 Å². The van der Waals surface area contributed by atoms with E-state index < -0.39 is 0 Å². The molecule has 0 bridgehead atoms. The van der Waals surface area contributed by atoms with E-state index in [4.69, 9.17) is 4.98 Å². The summed E-state index contributed by atoms with van der Waals surface area (Å²) in [5.74, 6) is 0.944. The third-order valence-corrected chi connectivity index (χ3v) is 10.4. The van der Waals surface area contributed by atoms with Crippen LogP contribution in [0.25, 0.3) is 86.9 Å². The lowest BCUT2D eigenvalue weighted by Gasteiger charge is -2.13. The van der Waals surface area contributed by atoms with Crippen LogP contribution in [0.2, 0.25) is 0 Å². The Morgan fingerprint density at radius 1 is 0.426 bits per heavy atom. The van der Waals surface area contributed by atoms with E-state index in [1.807, 2.05) is 11.3 Å². The first-order chi connectivity index (χ1) is 23.3. The van der Waals surface area contributed by atoms with E-state index in [2.05, 4.69) is 173 Å². The lowest BCUT2D eigenvalue weighted by Crippen LogP contribution is -1.97. The number of rotatable bonds is 4. The molecule has 10 rings (SSSR count). The van der Waals surface area contributed by atoms with Crippen LogP contribution in [0.1, 0.15) is 0 Å². The Balaban J connectivity index is 1.28. The molecule has 0 saturated carbocycles. The standard InChI is InChI=1S/C43H27N3S/c1-3-13-30(14-4-1)45-37-20-10-7-17-32(37)35-25-28(23-24-38(35)45)34-26-29(27-41-42(34)33-18-8-12-22-40(33)47-41)43-44-36-19-9-11-21-39(36)46(43)31-15-5-2-6-16-31/h1-27H. The van der Waals surface area contributed by atoms with Gasteiger partial charge in [0.15, 0.2) is 0 Å². The average Bonchev–Trinajstić information content (AvgIpc) is 3.81. The summed E-state index contributed by atoms with van der Waals surface area (Å²) in [6, 6.07) is 58.9. The van der Waals surface area contributed by atoms with Gasteiger partial charge < -0.3 is 4.57 Å². The Hall–Kier alpha value is -5.97. The molecular weight excluding hydrogens is 591 g/mol. The Kier molecular flexibility index (Phi) is 5.74. The van der Waals surface area contributed by atoms with Gasteiger partial charge in [-0.15, -0.1) is 11.3 Å². The number of imidazole rings is 1. The summed E-state index contributed by atoms with van der Waals surface area (Å²) in [4.78, 5) is 5.25. The quantitative estimate of drug-likeness (QED) is 0.193. The third kappa shape index (κ3) is 4.02. The fourth-order valence-corrected chi connectivity index (χ4v) is 8.44. The molecule has 0 N–H and O–H groups in total. The van der Waals surface area contributed by atoms with Crippen LogP contribution in [0.5, 0.6) is 0 Å². The zero-order chi connectivity index (χ0) is 30.9. The van der Waals surface area contributed by atoms with Gasteiger partial charge in [0, 0.05) is 47.9 Å². The summed E-state index contributed by atoms with van der Waals surface area (Å²) in [7, 11) is 0. The largest absolute Gasteiger partial charge is 0.309 e. The van der Waals surface area contributed by atoms with E-state index in [0.717, 1.165) is 28.1 Å². The van der Waals surface area contributed by atoms with Crippen molar-refractivity contribution < 1.29 is 0 Å². The Morgan fingerprint density at radius 3 is 1.87 bits per heavy atom. The predicted octanol–water partition coefficient (Wildman–Crippen LogP) is 11.8. The Labute approximate surface area is 275 Å². The van der Waals surface area contributed by atoms with Crippen LogP contribution in [0.3, 0.4) is 0 Å². The first-order valence-electron chi connectivity index (χ1n) is 15.9. The Bertz CT molecular complexity index is 2780. The normalized spacial score (nSPS) is 11.8. The first kappa shape index (κ1) is 26.3. The maximum absolute atomic E-state index is 5.25. The van der Waals surface area contributed by atoms with E-state index >= 15 is 0 Å². The van der Waals surface area contributed by atoms with E-state index in [-0.39, 0.29) is 0 Å². The molecular formula is C43H27N3S. The second-order valence-electron chi connectivity index (χ2n) is 12.0. The summed E-state index contributed by atoms with van der Waals surface area (Å²) >= 11 is 1.85. The molecule has 3 aromatic heterocycles. The average molecular weight is 618 g/mol. The van der Waals surface area contributed by atoms with Gasteiger partial charge >= 0.3 is 0 Å². The van der Waals surface area contributed by atoms with Gasteiger partial charge in [0.05, 0.1) is 22.1 Å². The molecule has 4 heteroatoms. The van der Waals surface area contributed by atoms with Gasteiger partial charge in [-0.1, -0.05) is 91.0 Å². The molecule has 0 aliphatic heterocycles. The number of fused-ring (bicyclic) bond motifs is 7. The number of hydrogen-bond donors (Lipinski definition) is 0. The van der Waals surface area contributed by atoms with E-state index in [9.17, 15) is 0 Å². The molecule has 0 amide bonds. The van der Waals surface area contributed by atoms with Crippen LogP contribution in [-0.2, 0) is 0 Å². The van der Waals surface area contributed by atoms with Gasteiger partial charge in [0.25, 0.3) is 0 Å². The van der Waals surface area contributed by atoms with Crippen molar-refractivity contribution in [1.29, 1.82) is 0 Å². The molecule has 0 radical (unpaired) electrons. The zero-order valence-corrected chi connectivity index (χ0v) is 26.2. The lowest BCUT2D eigenvalue weighted by atomic mass is 9.95. The van der Waals surface area contributed by atoms with E-state index in [1.165, 1.54) is 58.8 Å². The van der Waals surface area contributed by atoms with Gasteiger partial charge in [-0.3, -0.25) is 4.57 Å². The van der Waals surface area contributed by atoms with Crippen molar-refractivity contribution in [2.24, 2.45) is 0 Å². The topological polar surface area (TPSA) is 22.8 Å². The molecule has 10 aromatic rings. The summed E-state index contributed by atoms with van der Waals surface area (Å²) in [5.41, 5.74) is 10.3. The van der Waals surface area contributed by atoms with Crippen LogP contribution in [0.15, 0.2) is 164 Å². The summed E-state index contributed by atoms with van der Waals surface area (Å²) < 4.78 is 7.23. The van der Waals surface area contributed by atoms with Crippen molar-refractivity contribution in [3.63, 3.8) is 0 Å². The lowest BCUT2D eigenvalue weighted by molar-refractivity contribution is 1.10. The first-order valence-corrected chi connectivity index (χ1v) is 16.7. The van der Waals surface area contributed by atoms with Crippen molar-refractivity contribution in [3.8, 4) is 33.9 Å². The van der Waals surface area contributed by atoms with E-state index in [1.54, 1.807) is 0 Å². The third-order valence-electron chi connectivity index (χ3n) is 9.31. The molecule has 0 fully saturated rings. The minimum Gasteiger partial charge on any atom is -0.309 e. The highest BCUT2D eigenvalue weighted by atomic mass is 32.1. The number of nitrogens with zero attached hydrogens (tertiary/aromatic N) is 3.